The number of nitrogens with zero attached hydrogens (tertiary/aromatic N) is 1. The molecule has 1 aliphatic rings. The highest BCUT2D eigenvalue weighted by Crippen LogP contribution is 2.12. The summed E-state index contributed by atoms with van der Waals surface area (Å²) in [5, 5.41) is 9.91. The van der Waals surface area contributed by atoms with Gasteiger partial charge in [-0.25, -0.2) is 0 Å². The Kier molecular flexibility index (Phi) is 4.44. The fraction of sp³-hybridized carbons (Fsp3) is 0.833. The summed E-state index contributed by atoms with van der Waals surface area (Å²) >= 11 is 0. The second kappa shape index (κ2) is 5.38. The van der Waals surface area contributed by atoms with E-state index in [0.717, 1.165) is 19.4 Å². The predicted molar refractivity (Wildman–Crippen MR) is 59.0 cm³/mol. The van der Waals surface area contributed by atoms with Gasteiger partial charge in [0.1, 0.15) is 5.60 Å². The highest BCUT2D eigenvalue weighted by atomic mass is 16.3. The molecule has 0 radical (unpaired) electrons. The number of aliphatic hydroxyl groups is 1. The monoisotopic (exact) mass is 195 g/mol. The quantitative estimate of drug-likeness (QED) is 0.692. The number of likely N-dealkylation sites (tertiary alicyclic amines) is 1. The molecule has 1 rings (SSSR count). The maximum absolute atomic E-state index is 9.91. The van der Waals surface area contributed by atoms with Crippen molar-refractivity contribution in [3.05, 3.63) is 0 Å². The highest BCUT2D eigenvalue weighted by molar-refractivity contribution is 5.14. The highest BCUT2D eigenvalue weighted by Gasteiger charge is 2.18. The van der Waals surface area contributed by atoms with E-state index >= 15 is 0 Å². The molecule has 0 aromatic heterocycles. The van der Waals surface area contributed by atoms with Gasteiger partial charge in [0.2, 0.25) is 0 Å². The van der Waals surface area contributed by atoms with E-state index in [1.807, 2.05) is 13.8 Å². The molecular formula is C12H21NO. The Morgan fingerprint density at radius 2 is 1.79 bits per heavy atom. The molecule has 2 nitrogen and oxygen atoms in total. The molecule has 0 amide bonds. The van der Waals surface area contributed by atoms with Crippen molar-refractivity contribution in [1.29, 1.82) is 0 Å². The Hall–Kier alpha value is -0.520. The van der Waals surface area contributed by atoms with Gasteiger partial charge in [0.15, 0.2) is 0 Å². The van der Waals surface area contributed by atoms with Gasteiger partial charge in [0.25, 0.3) is 0 Å². The molecule has 1 N–H and O–H groups in total. The number of rotatable bonds is 3. The van der Waals surface area contributed by atoms with Crippen LogP contribution in [0.3, 0.4) is 0 Å². The first-order chi connectivity index (χ1) is 6.70. The van der Waals surface area contributed by atoms with Crippen LogP contribution in [-0.4, -0.2) is 35.2 Å². The minimum absolute atomic E-state index is 0.719. The molecule has 0 unspecified atom stereocenters. The van der Waals surface area contributed by atoms with Crippen molar-refractivity contribution < 1.29 is 5.11 Å². The topological polar surface area (TPSA) is 23.5 Å². The molecule has 0 aromatic rings. The van der Waals surface area contributed by atoms with E-state index < -0.39 is 5.60 Å². The van der Waals surface area contributed by atoms with Crippen molar-refractivity contribution in [2.24, 2.45) is 0 Å². The fourth-order valence-electron chi connectivity index (χ4n) is 1.68. The molecular weight excluding hydrogens is 174 g/mol. The van der Waals surface area contributed by atoms with E-state index in [1.165, 1.54) is 25.9 Å². The van der Waals surface area contributed by atoms with Crippen LogP contribution in [0.1, 0.15) is 39.5 Å². The van der Waals surface area contributed by atoms with Crippen LogP contribution in [0.4, 0.5) is 0 Å². The summed E-state index contributed by atoms with van der Waals surface area (Å²) in [5.41, 5.74) is -0.750. The lowest BCUT2D eigenvalue weighted by atomic mass is 9.98. The first kappa shape index (κ1) is 11.6. The summed E-state index contributed by atoms with van der Waals surface area (Å²) < 4.78 is 0. The van der Waals surface area contributed by atoms with Crippen LogP contribution in [0.2, 0.25) is 0 Å². The Bertz CT molecular complexity index is 216. The molecule has 80 valence electrons. The lowest BCUT2D eigenvalue weighted by Gasteiger charge is -2.17. The minimum Gasteiger partial charge on any atom is -0.378 e. The van der Waals surface area contributed by atoms with Gasteiger partial charge in [-0.2, -0.15) is 0 Å². The third kappa shape index (κ3) is 3.32. The van der Waals surface area contributed by atoms with Crippen LogP contribution in [0, 0.1) is 11.8 Å². The average Bonchev–Trinajstić information content (AvgIpc) is 2.70. The molecule has 0 atom stereocenters. The molecule has 0 saturated carbocycles. The van der Waals surface area contributed by atoms with Crippen molar-refractivity contribution in [3.8, 4) is 11.8 Å². The lowest BCUT2D eigenvalue weighted by Crippen LogP contribution is -2.25. The zero-order valence-corrected chi connectivity index (χ0v) is 9.34. The van der Waals surface area contributed by atoms with Gasteiger partial charge in [-0.1, -0.05) is 25.7 Å². The zero-order valence-electron chi connectivity index (χ0n) is 9.34. The van der Waals surface area contributed by atoms with Crippen molar-refractivity contribution in [2.45, 2.75) is 45.1 Å². The molecule has 1 saturated heterocycles. The van der Waals surface area contributed by atoms with Crippen molar-refractivity contribution >= 4 is 0 Å². The van der Waals surface area contributed by atoms with Gasteiger partial charge < -0.3 is 5.11 Å². The minimum atomic E-state index is -0.750. The van der Waals surface area contributed by atoms with Gasteiger partial charge in [-0.15, -0.1) is 0 Å². The molecule has 0 spiro atoms. The van der Waals surface area contributed by atoms with Crippen LogP contribution in [0.25, 0.3) is 0 Å². The van der Waals surface area contributed by atoms with Crippen LogP contribution >= 0.6 is 0 Å². The number of hydrogen-bond donors (Lipinski definition) is 1. The maximum atomic E-state index is 9.91. The van der Waals surface area contributed by atoms with Gasteiger partial charge in [-0.3, -0.25) is 4.90 Å². The molecule has 0 aromatic carbocycles. The summed E-state index contributed by atoms with van der Waals surface area (Å²) in [6, 6.07) is 0. The Labute approximate surface area is 87.3 Å². The second-order valence-electron chi connectivity index (χ2n) is 4.02. The predicted octanol–water partition coefficient (Wildman–Crippen LogP) is 1.64. The second-order valence-corrected chi connectivity index (χ2v) is 4.02. The third-order valence-corrected chi connectivity index (χ3v) is 2.99. The van der Waals surface area contributed by atoms with E-state index in [2.05, 4.69) is 16.7 Å². The van der Waals surface area contributed by atoms with Crippen LogP contribution in [0.15, 0.2) is 0 Å². The molecule has 0 aliphatic carbocycles. The third-order valence-electron chi connectivity index (χ3n) is 2.99. The van der Waals surface area contributed by atoms with Gasteiger partial charge in [0, 0.05) is 0 Å². The summed E-state index contributed by atoms with van der Waals surface area (Å²) in [5.74, 6) is 6.08. The number of hydrogen-bond acceptors (Lipinski definition) is 2. The Balaban J connectivity index is 2.37. The first-order valence-electron chi connectivity index (χ1n) is 5.65. The molecule has 1 heterocycles. The van der Waals surface area contributed by atoms with Crippen LogP contribution in [-0.2, 0) is 0 Å². The van der Waals surface area contributed by atoms with Gasteiger partial charge in [0.05, 0.1) is 6.54 Å². The van der Waals surface area contributed by atoms with E-state index in [-0.39, 0.29) is 0 Å². The van der Waals surface area contributed by atoms with Crippen molar-refractivity contribution in [1.82, 2.24) is 4.90 Å². The van der Waals surface area contributed by atoms with Crippen molar-refractivity contribution in [2.75, 3.05) is 19.6 Å². The molecule has 14 heavy (non-hydrogen) atoms. The summed E-state index contributed by atoms with van der Waals surface area (Å²) in [6.07, 6.45) is 4.04. The summed E-state index contributed by atoms with van der Waals surface area (Å²) in [6.45, 7) is 7.13. The summed E-state index contributed by atoms with van der Waals surface area (Å²) in [4.78, 5) is 2.35. The molecule has 1 aliphatic heterocycles. The van der Waals surface area contributed by atoms with Gasteiger partial charge in [-0.05, 0) is 38.8 Å². The van der Waals surface area contributed by atoms with E-state index in [0.29, 0.717) is 0 Å². The van der Waals surface area contributed by atoms with Gasteiger partial charge >= 0.3 is 0 Å². The van der Waals surface area contributed by atoms with E-state index in [9.17, 15) is 5.11 Å². The maximum Gasteiger partial charge on any atom is 0.125 e. The fourth-order valence-corrected chi connectivity index (χ4v) is 1.68. The first-order valence-corrected chi connectivity index (χ1v) is 5.65. The van der Waals surface area contributed by atoms with Crippen LogP contribution < -0.4 is 0 Å². The Morgan fingerprint density at radius 3 is 2.29 bits per heavy atom. The zero-order chi connectivity index (χ0) is 10.4. The van der Waals surface area contributed by atoms with E-state index in [4.69, 9.17) is 0 Å². The standard InChI is InChI=1S/C12H21NO/c1-3-12(14,4-2)8-7-11-13-9-5-6-10-13/h14H,3-6,9-11H2,1-2H3. The normalized spacial score (nSPS) is 17.9. The largest absolute Gasteiger partial charge is 0.378 e. The lowest BCUT2D eigenvalue weighted by molar-refractivity contribution is 0.0929. The Morgan fingerprint density at radius 1 is 1.21 bits per heavy atom. The molecule has 2 heteroatoms. The smallest absolute Gasteiger partial charge is 0.125 e. The molecule has 0 bridgehead atoms. The average molecular weight is 195 g/mol. The summed E-state index contributed by atoms with van der Waals surface area (Å²) in [7, 11) is 0. The van der Waals surface area contributed by atoms with Crippen molar-refractivity contribution in [3.63, 3.8) is 0 Å². The van der Waals surface area contributed by atoms with Crippen LogP contribution in [0.5, 0.6) is 0 Å². The SMILES string of the molecule is CCC(O)(C#CCN1CCCC1)CC. The van der Waals surface area contributed by atoms with E-state index in [1.54, 1.807) is 0 Å². The molecule has 1 fully saturated rings.